The van der Waals surface area contributed by atoms with E-state index in [9.17, 15) is 0 Å². The average molecular weight is 182 g/mol. The normalized spacial score (nSPS) is 8.57. The zero-order valence-electron chi connectivity index (χ0n) is 7.96. The molecule has 0 fully saturated rings. The Kier molecular flexibility index (Phi) is 3.01. The summed E-state index contributed by atoms with van der Waals surface area (Å²) >= 11 is 0. The minimum Gasteiger partial charge on any atom is -0.258 e. The van der Waals surface area contributed by atoms with Gasteiger partial charge in [-0.1, -0.05) is 36.4 Å². The Labute approximate surface area is 83.3 Å². The topological polar surface area (TPSA) is 47.6 Å². The maximum atomic E-state index is 8.68. The van der Waals surface area contributed by atoms with E-state index < -0.39 is 0 Å². The zero-order valence-corrected chi connectivity index (χ0v) is 7.96. The van der Waals surface area contributed by atoms with E-state index in [1.54, 1.807) is 0 Å². The minimum absolute atomic E-state index is 0.175. The van der Waals surface area contributed by atoms with Crippen molar-refractivity contribution >= 4 is 11.4 Å². The van der Waals surface area contributed by atoms with Crippen LogP contribution in [0.5, 0.6) is 0 Å². The van der Waals surface area contributed by atoms with Crippen molar-refractivity contribution in [3.8, 4) is 6.07 Å². The van der Waals surface area contributed by atoms with Crippen molar-refractivity contribution in [3.63, 3.8) is 0 Å². The summed E-state index contributed by atoms with van der Waals surface area (Å²) in [4.78, 5) is 0. The Bertz CT molecular complexity index is 440. The van der Waals surface area contributed by atoms with Crippen molar-refractivity contribution in [1.29, 1.82) is 10.7 Å². The molecule has 1 aromatic rings. The van der Waals surface area contributed by atoms with Crippen LogP contribution in [0.3, 0.4) is 0 Å². The lowest BCUT2D eigenvalue weighted by Gasteiger charge is -2.01. The monoisotopic (exact) mass is 182 g/mol. The van der Waals surface area contributed by atoms with Gasteiger partial charge < -0.3 is 0 Å². The van der Waals surface area contributed by atoms with Crippen LogP contribution < -0.4 is 0 Å². The Morgan fingerprint density at radius 3 is 2.36 bits per heavy atom. The van der Waals surface area contributed by atoms with Crippen LogP contribution in [0.4, 0.5) is 0 Å². The van der Waals surface area contributed by atoms with Gasteiger partial charge in [0.25, 0.3) is 0 Å². The molecule has 68 valence electrons. The molecule has 0 saturated heterocycles. The minimum atomic E-state index is 0.175. The first-order valence-electron chi connectivity index (χ1n) is 4.15. The van der Waals surface area contributed by atoms with Crippen LogP contribution in [0.1, 0.15) is 11.1 Å². The molecule has 1 rings (SSSR count). The molecule has 0 heterocycles. The molecular weight excluding hydrogens is 172 g/mol. The van der Waals surface area contributed by atoms with E-state index in [1.807, 2.05) is 37.3 Å². The van der Waals surface area contributed by atoms with Gasteiger partial charge in [-0.3, -0.25) is 5.41 Å². The van der Waals surface area contributed by atoms with E-state index in [1.165, 1.54) is 0 Å². The third-order valence-corrected chi connectivity index (χ3v) is 1.94. The van der Waals surface area contributed by atoms with E-state index in [0.29, 0.717) is 5.57 Å². The smallest absolute Gasteiger partial charge is 0.120 e. The van der Waals surface area contributed by atoms with E-state index in [4.69, 9.17) is 10.7 Å². The van der Waals surface area contributed by atoms with E-state index in [0.717, 1.165) is 11.1 Å². The number of benzene rings is 1. The molecule has 0 radical (unpaired) electrons. The number of hydrogen-bond donors (Lipinski definition) is 1. The van der Waals surface area contributed by atoms with Crippen LogP contribution in [0.15, 0.2) is 36.4 Å². The fraction of sp³-hybridized carbons (Fsp3) is 0.0833. The molecule has 2 nitrogen and oxygen atoms in total. The molecule has 14 heavy (non-hydrogen) atoms. The highest BCUT2D eigenvalue weighted by Crippen LogP contribution is 2.18. The predicted octanol–water partition coefficient (Wildman–Crippen LogP) is 2.71. The second kappa shape index (κ2) is 4.23. The number of hydrogen-bond acceptors (Lipinski definition) is 2. The number of rotatable bonds is 2. The van der Waals surface area contributed by atoms with Gasteiger partial charge in [-0.15, -0.1) is 0 Å². The quantitative estimate of drug-likeness (QED) is 0.426. The maximum absolute atomic E-state index is 8.68. The highest BCUT2D eigenvalue weighted by atomic mass is 14.3. The summed E-state index contributed by atoms with van der Waals surface area (Å²) in [6.07, 6.45) is 0. The van der Waals surface area contributed by atoms with Gasteiger partial charge in [-0.2, -0.15) is 5.26 Å². The molecule has 0 aliphatic rings. The molecule has 0 saturated carbocycles. The van der Waals surface area contributed by atoms with Crippen LogP contribution in [-0.2, 0) is 0 Å². The standard InChI is InChI=1S/C12H10N2/c1-9-3-5-11(6-4-9)10(2)12(7-13)8-14/h3-6,13H,2H2,1H3. The molecule has 1 aromatic carbocycles. The van der Waals surface area contributed by atoms with Crippen molar-refractivity contribution in [1.82, 2.24) is 0 Å². The number of nitrogens with zero attached hydrogens (tertiary/aromatic N) is 1. The summed E-state index contributed by atoms with van der Waals surface area (Å²) in [5.41, 5.74) is 2.72. The van der Waals surface area contributed by atoms with Gasteiger partial charge in [0.15, 0.2) is 0 Å². The zero-order chi connectivity index (χ0) is 10.6. The molecular formula is C12H10N2. The average Bonchev–Trinajstić information content (AvgIpc) is 2.20. The second-order valence-corrected chi connectivity index (χ2v) is 2.96. The molecule has 0 aliphatic heterocycles. The van der Waals surface area contributed by atoms with E-state index >= 15 is 0 Å². The highest BCUT2D eigenvalue weighted by Gasteiger charge is 2.03. The van der Waals surface area contributed by atoms with Gasteiger partial charge in [-0.25, -0.2) is 0 Å². The van der Waals surface area contributed by atoms with E-state index in [2.05, 4.69) is 12.4 Å². The predicted molar refractivity (Wildman–Crippen MR) is 57.1 cm³/mol. The summed E-state index contributed by atoms with van der Waals surface area (Å²) in [6.45, 7) is 5.74. The first-order valence-corrected chi connectivity index (χ1v) is 4.15. The van der Waals surface area contributed by atoms with Gasteiger partial charge in [0.05, 0.1) is 0 Å². The van der Waals surface area contributed by atoms with Crippen LogP contribution >= 0.6 is 0 Å². The lowest BCUT2D eigenvalue weighted by molar-refractivity contribution is 1.45. The van der Waals surface area contributed by atoms with Gasteiger partial charge in [0, 0.05) is 5.57 Å². The van der Waals surface area contributed by atoms with Crippen molar-refractivity contribution in [2.45, 2.75) is 6.92 Å². The lowest BCUT2D eigenvalue weighted by atomic mass is 10.0. The highest BCUT2D eigenvalue weighted by molar-refractivity contribution is 5.90. The Morgan fingerprint density at radius 2 is 1.93 bits per heavy atom. The lowest BCUT2D eigenvalue weighted by Crippen LogP contribution is -1.86. The van der Waals surface area contributed by atoms with E-state index in [-0.39, 0.29) is 5.57 Å². The Hall–Kier alpha value is -2.10. The SMILES string of the molecule is C=C(C(=C=N)C#N)c1ccc(C)cc1. The number of nitriles is 1. The number of nitrogens with one attached hydrogen (secondary N) is 1. The fourth-order valence-corrected chi connectivity index (χ4v) is 1.07. The molecule has 0 unspecified atom stereocenters. The number of allylic oxidation sites excluding steroid dienone is 2. The summed E-state index contributed by atoms with van der Waals surface area (Å²) in [5.74, 6) is 2.07. The van der Waals surface area contributed by atoms with Crippen molar-refractivity contribution in [2.75, 3.05) is 0 Å². The molecule has 1 N–H and O–H groups in total. The molecule has 2 heteroatoms. The summed E-state index contributed by atoms with van der Waals surface area (Å²) in [6, 6.07) is 9.53. The molecule has 0 atom stereocenters. The van der Waals surface area contributed by atoms with Gasteiger partial charge in [0.1, 0.15) is 11.6 Å². The summed E-state index contributed by atoms with van der Waals surface area (Å²) in [7, 11) is 0. The van der Waals surface area contributed by atoms with Crippen molar-refractivity contribution in [2.24, 2.45) is 0 Å². The van der Waals surface area contributed by atoms with Crippen molar-refractivity contribution in [3.05, 3.63) is 47.5 Å². The van der Waals surface area contributed by atoms with Gasteiger partial charge >= 0.3 is 0 Å². The Balaban J connectivity index is 3.09. The third kappa shape index (κ3) is 1.98. The van der Waals surface area contributed by atoms with Crippen molar-refractivity contribution < 1.29 is 0 Å². The maximum Gasteiger partial charge on any atom is 0.120 e. The summed E-state index contributed by atoms with van der Waals surface area (Å²) < 4.78 is 0. The van der Waals surface area contributed by atoms with Crippen LogP contribution in [0.25, 0.3) is 5.57 Å². The van der Waals surface area contributed by atoms with Gasteiger partial charge in [-0.05, 0) is 18.4 Å². The molecule has 0 aliphatic carbocycles. The molecule has 0 bridgehead atoms. The number of aryl methyl sites for hydroxylation is 1. The molecule has 0 aromatic heterocycles. The van der Waals surface area contributed by atoms with Crippen LogP contribution in [0, 0.1) is 23.7 Å². The third-order valence-electron chi connectivity index (χ3n) is 1.94. The van der Waals surface area contributed by atoms with Crippen LogP contribution in [-0.4, -0.2) is 5.87 Å². The fourth-order valence-electron chi connectivity index (χ4n) is 1.07. The first-order chi connectivity index (χ1) is 6.69. The second-order valence-electron chi connectivity index (χ2n) is 2.96. The molecule has 0 spiro atoms. The van der Waals surface area contributed by atoms with Crippen LogP contribution in [0.2, 0.25) is 0 Å². The molecule has 0 amide bonds. The largest absolute Gasteiger partial charge is 0.258 e. The summed E-state index contributed by atoms with van der Waals surface area (Å²) in [5, 5.41) is 15.6. The van der Waals surface area contributed by atoms with Gasteiger partial charge in [0.2, 0.25) is 0 Å². The Morgan fingerprint density at radius 1 is 1.36 bits per heavy atom. The first kappa shape index (κ1) is 9.98.